The van der Waals surface area contributed by atoms with E-state index in [1.165, 1.54) is 0 Å². The summed E-state index contributed by atoms with van der Waals surface area (Å²) in [4.78, 5) is 13.8. The van der Waals surface area contributed by atoms with E-state index in [0.29, 0.717) is 18.3 Å². The van der Waals surface area contributed by atoms with Gasteiger partial charge in [-0.05, 0) is 26.7 Å². The molecule has 2 rings (SSSR count). The summed E-state index contributed by atoms with van der Waals surface area (Å²) in [5.41, 5.74) is 1.69. The summed E-state index contributed by atoms with van der Waals surface area (Å²) >= 11 is 0. The summed E-state index contributed by atoms with van der Waals surface area (Å²) in [6.07, 6.45) is 2.05. The number of nitrogens with zero attached hydrogens (tertiary/aromatic N) is 3. The van der Waals surface area contributed by atoms with Gasteiger partial charge in [0.25, 0.3) is 5.91 Å². The molecule has 1 aromatic rings. The number of carbonyl (C=O) groups excluding carboxylic acids is 1. The van der Waals surface area contributed by atoms with Crippen LogP contribution in [0.25, 0.3) is 0 Å². The summed E-state index contributed by atoms with van der Waals surface area (Å²) in [7, 11) is 1.85. The highest BCUT2D eigenvalue weighted by atomic mass is 16.5. The van der Waals surface area contributed by atoms with E-state index in [2.05, 4.69) is 5.10 Å². The van der Waals surface area contributed by atoms with E-state index in [0.717, 1.165) is 24.2 Å². The predicted octanol–water partition coefficient (Wildman–Crippen LogP) is 0.399. The van der Waals surface area contributed by atoms with Crippen molar-refractivity contribution in [3.63, 3.8) is 0 Å². The highest BCUT2D eigenvalue weighted by Crippen LogP contribution is 2.27. The lowest BCUT2D eigenvalue weighted by Crippen LogP contribution is -2.38. The van der Waals surface area contributed by atoms with Crippen LogP contribution in [0.2, 0.25) is 0 Å². The molecule has 1 heterocycles. The van der Waals surface area contributed by atoms with Crippen molar-refractivity contribution in [3.8, 4) is 5.75 Å². The number of aliphatic hydroxyl groups excluding tert-OH is 1. The van der Waals surface area contributed by atoms with Crippen LogP contribution in [0, 0.1) is 13.8 Å². The maximum atomic E-state index is 12.1. The zero-order valence-corrected chi connectivity index (χ0v) is 11.7. The predicted molar refractivity (Wildman–Crippen MR) is 70.0 cm³/mol. The van der Waals surface area contributed by atoms with Crippen LogP contribution >= 0.6 is 0 Å². The summed E-state index contributed by atoms with van der Waals surface area (Å²) in [5, 5.41) is 13.2. The number of aliphatic hydroxyl groups is 1. The molecule has 1 N–H and O–H groups in total. The fourth-order valence-corrected chi connectivity index (χ4v) is 2.18. The van der Waals surface area contributed by atoms with Gasteiger partial charge in [0.05, 0.1) is 12.3 Å². The second kappa shape index (κ2) is 5.61. The van der Waals surface area contributed by atoms with E-state index in [-0.39, 0.29) is 19.1 Å². The minimum absolute atomic E-state index is 0.00384. The SMILES string of the molecule is Cc1nn(C)c(C)c1OCC(=O)N(CCO)C1CC1. The monoisotopic (exact) mass is 267 g/mol. The number of carbonyl (C=O) groups is 1. The van der Waals surface area contributed by atoms with Gasteiger partial charge in [-0.1, -0.05) is 0 Å². The Balaban J connectivity index is 1.95. The third-order valence-electron chi connectivity index (χ3n) is 3.43. The smallest absolute Gasteiger partial charge is 0.260 e. The van der Waals surface area contributed by atoms with E-state index >= 15 is 0 Å². The van der Waals surface area contributed by atoms with Gasteiger partial charge in [0, 0.05) is 19.6 Å². The molecule has 1 fully saturated rings. The summed E-state index contributed by atoms with van der Waals surface area (Å²) in [5.74, 6) is 0.606. The van der Waals surface area contributed by atoms with Gasteiger partial charge in [-0.3, -0.25) is 9.48 Å². The molecule has 0 saturated heterocycles. The van der Waals surface area contributed by atoms with Gasteiger partial charge >= 0.3 is 0 Å². The van der Waals surface area contributed by atoms with Crippen LogP contribution in [0.4, 0.5) is 0 Å². The second-order valence-corrected chi connectivity index (χ2v) is 4.95. The Morgan fingerprint density at radius 1 is 1.53 bits per heavy atom. The molecule has 0 spiro atoms. The van der Waals surface area contributed by atoms with Crippen molar-refractivity contribution in [2.45, 2.75) is 32.7 Å². The molecule has 0 bridgehead atoms. The Bertz CT molecular complexity index is 466. The molecule has 0 atom stereocenters. The molecule has 0 aromatic carbocycles. The Morgan fingerprint density at radius 2 is 2.21 bits per heavy atom. The molecule has 1 amide bonds. The van der Waals surface area contributed by atoms with Crippen molar-refractivity contribution in [1.29, 1.82) is 0 Å². The van der Waals surface area contributed by atoms with E-state index in [9.17, 15) is 4.79 Å². The van der Waals surface area contributed by atoms with Crippen molar-refractivity contribution in [2.75, 3.05) is 19.8 Å². The Labute approximate surface area is 113 Å². The highest BCUT2D eigenvalue weighted by molar-refractivity contribution is 5.78. The van der Waals surface area contributed by atoms with Crippen molar-refractivity contribution >= 4 is 5.91 Å². The van der Waals surface area contributed by atoms with Gasteiger partial charge in [0.2, 0.25) is 0 Å². The average Bonchev–Trinajstić information content (AvgIpc) is 3.15. The first-order valence-corrected chi connectivity index (χ1v) is 6.58. The van der Waals surface area contributed by atoms with Crippen LogP contribution < -0.4 is 4.74 Å². The topological polar surface area (TPSA) is 67.6 Å². The molecule has 1 aromatic heterocycles. The van der Waals surface area contributed by atoms with Crippen LogP contribution in [0.5, 0.6) is 5.75 Å². The highest BCUT2D eigenvalue weighted by Gasteiger charge is 2.32. The largest absolute Gasteiger partial charge is 0.480 e. The molecule has 0 unspecified atom stereocenters. The molecule has 0 radical (unpaired) electrons. The van der Waals surface area contributed by atoms with Gasteiger partial charge < -0.3 is 14.7 Å². The van der Waals surface area contributed by atoms with Crippen LogP contribution in [0.3, 0.4) is 0 Å². The molecular formula is C13H21N3O3. The van der Waals surface area contributed by atoms with Crippen LogP contribution in [-0.4, -0.2) is 51.5 Å². The first kappa shape index (κ1) is 13.9. The number of rotatable bonds is 6. The number of hydrogen-bond donors (Lipinski definition) is 1. The van der Waals surface area contributed by atoms with Gasteiger partial charge in [-0.2, -0.15) is 5.10 Å². The van der Waals surface area contributed by atoms with Crippen molar-refractivity contribution in [1.82, 2.24) is 14.7 Å². The summed E-state index contributed by atoms with van der Waals surface area (Å²) in [6.45, 7) is 4.15. The normalized spacial score (nSPS) is 14.5. The fraction of sp³-hybridized carbons (Fsp3) is 0.692. The lowest BCUT2D eigenvalue weighted by atomic mass is 10.3. The van der Waals surface area contributed by atoms with E-state index in [4.69, 9.17) is 9.84 Å². The van der Waals surface area contributed by atoms with Crippen molar-refractivity contribution in [2.24, 2.45) is 7.05 Å². The Kier molecular flexibility index (Phi) is 4.09. The lowest BCUT2D eigenvalue weighted by Gasteiger charge is -2.21. The second-order valence-electron chi connectivity index (χ2n) is 4.95. The average molecular weight is 267 g/mol. The third-order valence-corrected chi connectivity index (χ3v) is 3.43. The Hall–Kier alpha value is -1.56. The zero-order valence-electron chi connectivity index (χ0n) is 11.7. The molecular weight excluding hydrogens is 246 g/mol. The minimum atomic E-state index is -0.0702. The third kappa shape index (κ3) is 3.07. The summed E-state index contributed by atoms with van der Waals surface area (Å²) in [6, 6.07) is 0.291. The van der Waals surface area contributed by atoms with Gasteiger partial charge in [-0.25, -0.2) is 0 Å². The summed E-state index contributed by atoms with van der Waals surface area (Å²) < 4.78 is 7.34. The van der Waals surface area contributed by atoms with E-state index < -0.39 is 0 Å². The molecule has 1 aliphatic carbocycles. The molecule has 0 aliphatic heterocycles. The molecule has 19 heavy (non-hydrogen) atoms. The van der Waals surface area contributed by atoms with Crippen LogP contribution in [0.15, 0.2) is 0 Å². The first-order chi connectivity index (χ1) is 9.04. The molecule has 6 heteroatoms. The quantitative estimate of drug-likeness (QED) is 0.810. The number of hydrogen-bond acceptors (Lipinski definition) is 4. The molecule has 6 nitrogen and oxygen atoms in total. The van der Waals surface area contributed by atoms with Gasteiger partial charge in [-0.15, -0.1) is 0 Å². The van der Waals surface area contributed by atoms with Crippen LogP contribution in [0.1, 0.15) is 24.2 Å². The maximum absolute atomic E-state index is 12.1. The van der Waals surface area contributed by atoms with Gasteiger partial charge in [0.15, 0.2) is 12.4 Å². The standard InChI is InChI=1S/C13H21N3O3/c1-9-13(10(2)15(3)14-9)19-8-12(18)16(6-7-17)11-4-5-11/h11,17H,4-8H2,1-3H3. The van der Waals surface area contributed by atoms with Gasteiger partial charge in [0.1, 0.15) is 5.69 Å². The first-order valence-electron chi connectivity index (χ1n) is 6.58. The lowest BCUT2D eigenvalue weighted by molar-refractivity contribution is -0.134. The van der Waals surface area contributed by atoms with Crippen LogP contribution in [-0.2, 0) is 11.8 Å². The minimum Gasteiger partial charge on any atom is -0.480 e. The van der Waals surface area contributed by atoms with Crippen molar-refractivity contribution < 1.29 is 14.6 Å². The van der Waals surface area contributed by atoms with Crippen molar-refractivity contribution in [3.05, 3.63) is 11.4 Å². The fourth-order valence-electron chi connectivity index (χ4n) is 2.18. The number of ether oxygens (including phenoxy) is 1. The number of amides is 1. The van der Waals surface area contributed by atoms with E-state index in [1.54, 1.807) is 9.58 Å². The maximum Gasteiger partial charge on any atom is 0.260 e. The zero-order chi connectivity index (χ0) is 14.0. The van der Waals surface area contributed by atoms with E-state index in [1.807, 2.05) is 20.9 Å². The number of aryl methyl sites for hydroxylation is 2. The molecule has 1 saturated carbocycles. The molecule has 1 aliphatic rings. The molecule has 106 valence electrons. The Morgan fingerprint density at radius 3 is 2.68 bits per heavy atom. The number of aromatic nitrogens is 2.